The average molecular weight is 477 g/mol. The van der Waals surface area contributed by atoms with E-state index in [2.05, 4.69) is 0 Å². The molecule has 1 aromatic heterocycles. The second kappa shape index (κ2) is 9.27. The summed E-state index contributed by atoms with van der Waals surface area (Å²) in [7, 11) is -2.12. The molecular formula is C23H25FN2O4S2. The number of hydrogen-bond acceptors (Lipinski definition) is 5. The number of nitrogens with zero attached hydrogens (tertiary/aromatic N) is 2. The van der Waals surface area contributed by atoms with E-state index in [0.29, 0.717) is 40.0 Å². The monoisotopic (exact) mass is 476 g/mol. The van der Waals surface area contributed by atoms with Gasteiger partial charge >= 0.3 is 0 Å². The van der Waals surface area contributed by atoms with Crippen molar-refractivity contribution in [1.29, 1.82) is 0 Å². The van der Waals surface area contributed by atoms with Gasteiger partial charge in [0.1, 0.15) is 5.82 Å². The van der Waals surface area contributed by atoms with Crippen molar-refractivity contribution >= 4 is 37.4 Å². The van der Waals surface area contributed by atoms with Gasteiger partial charge in [0, 0.05) is 48.9 Å². The second-order valence-corrected chi connectivity index (χ2v) is 10.8. The third-order valence-electron chi connectivity index (χ3n) is 5.65. The molecule has 0 aliphatic carbocycles. The summed E-state index contributed by atoms with van der Waals surface area (Å²) in [6.07, 6.45) is 0.524. The summed E-state index contributed by atoms with van der Waals surface area (Å²) >= 11 is 1.25. The zero-order valence-corrected chi connectivity index (χ0v) is 19.6. The number of methoxy groups -OCH3 is 1. The van der Waals surface area contributed by atoms with Crippen molar-refractivity contribution in [2.75, 3.05) is 33.3 Å². The summed E-state index contributed by atoms with van der Waals surface area (Å²) in [6.45, 7) is 3.29. The number of carbonyl (C=O) groups is 1. The van der Waals surface area contributed by atoms with Crippen LogP contribution in [0.25, 0.3) is 10.1 Å². The number of halogens is 1. The van der Waals surface area contributed by atoms with Crippen LogP contribution in [0.4, 0.5) is 4.39 Å². The van der Waals surface area contributed by atoms with Crippen LogP contribution in [0.2, 0.25) is 0 Å². The van der Waals surface area contributed by atoms with Gasteiger partial charge in [-0.15, -0.1) is 11.3 Å². The minimum Gasteiger partial charge on any atom is -0.380 e. The molecule has 1 aliphatic rings. The average Bonchev–Trinajstić information content (AvgIpc) is 2.96. The number of aryl methyl sites for hydroxylation is 1. The Bertz CT molecular complexity index is 1240. The maximum absolute atomic E-state index is 14.5. The van der Waals surface area contributed by atoms with Gasteiger partial charge in [-0.25, -0.2) is 12.8 Å². The van der Waals surface area contributed by atoms with Crippen molar-refractivity contribution in [2.45, 2.75) is 24.8 Å². The summed E-state index contributed by atoms with van der Waals surface area (Å²) in [5.41, 5.74) is 1.53. The van der Waals surface area contributed by atoms with Gasteiger partial charge in [0.2, 0.25) is 10.0 Å². The zero-order valence-electron chi connectivity index (χ0n) is 18.0. The Kier molecular flexibility index (Phi) is 6.62. The summed E-state index contributed by atoms with van der Waals surface area (Å²) < 4.78 is 48.0. The molecule has 0 spiro atoms. The molecule has 0 unspecified atom stereocenters. The molecule has 3 aromatic rings. The maximum atomic E-state index is 14.5. The third kappa shape index (κ3) is 4.30. The van der Waals surface area contributed by atoms with E-state index in [-0.39, 0.29) is 36.3 Å². The fourth-order valence-corrected chi connectivity index (χ4v) is 6.62. The Morgan fingerprint density at radius 3 is 2.56 bits per heavy atom. The highest BCUT2D eigenvalue weighted by Gasteiger charge is 2.30. The molecule has 0 N–H and O–H groups in total. The molecule has 0 radical (unpaired) electrons. The topological polar surface area (TPSA) is 66.9 Å². The zero-order chi connectivity index (χ0) is 22.9. The summed E-state index contributed by atoms with van der Waals surface area (Å²) in [5, 5.41) is 0.418. The normalized spacial score (nSPS) is 15.8. The van der Waals surface area contributed by atoms with Gasteiger partial charge in [-0.05, 0) is 37.6 Å². The van der Waals surface area contributed by atoms with Gasteiger partial charge < -0.3 is 9.64 Å². The number of ether oxygens (including phenoxy) is 1. The van der Waals surface area contributed by atoms with Gasteiger partial charge in [0.05, 0.1) is 16.4 Å². The molecule has 1 saturated heterocycles. The van der Waals surface area contributed by atoms with E-state index in [1.807, 2.05) is 6.92 Å². The number of thiophene rings is 1. The first-order valence-electron chi connectivity index (χ1n) is 10.4. The fraction of sp³-hybridized carbons (Fsp3) is 0.348. The van der Waals surface area contributed by atoms with Crippen LogP contribution in [0.3, 0.4) is 0 Å². The Morgan fingerprint density at radius 1 is 1.09 bits per heavy atom. The molecule has 0 bridgehead atoms. The first kappa shape index (κ1) is 22.8. The SMILES string of the molecule is COCc1c(C(=O)N2CCCN(S(=O)(=O)c3ccc(C)cc3)CC2)sc2cccc(F)c12. The molecule has 1 aliphatic heterocycles. The number of fused-ring (bicyclic) bond motifs is 1. The quantitative estimate of drug-likeness (QED) is 0.558. The highest BCUT2D eigenvalue weighted by molar-refractivity contribution is 7.89. The lowest BCUT2D eigenvalue weighted by Crippen LogP contribution is -2.37. The van der Waals surface area contributed by atoms with E-state index < -0.39 is 10.0 Å². The number of carbonyl (C=O) groups excluding carboxylic acids is 1. The largest absolute Gasteiger partial charge is 0.380 e. The van der Waals surface area contributed by atoms with Gasteiger partial charge in [0.25, 0.3) is 5.91 Å². The molecule has 2 heterocycles. The number of hydrogen-bond donors (Lipinski definition) is 0. The highest BCUT2D eigenvalue weighted by atomic mass is 32.2. The molecule has 1 fully saturated rings. The minimum atomic E-state index is -3.63. The van der Waals surface area contributed by atoms with Crippen molar-refractivity contribution in [3.05, 3.63) is 64.3 Å². The number of benzene rings is 2. The summed E-state index contributed by atoms with van der Waals surface area (Å²) in [4.78, 5) is 15.7. The van der Waals surface area contributed by atoms with E-state index in [1.54, 1.807) is 41.3 Å². The summed E-state index contributed by atoms with van der Waals surface area (Å²) in [6, 6.07) is 11.6. The molecule has 2 aromatic carbocycles. The lowest BCUT2D eigenvalue weighted by molar-refractivity contribution is 0.0765. The smallest absolute Gasteiger partial charge is 0.264 e. The lowest BCUT2D eigenvalue weighted by atomic mass is 10.1. The van der Waals surface area contributed by atoms with Crippen molar-refractivity contribution in [3.8, 4) is 0 Å². The minimum absolute atomic E-state index is 0.129. The fourth-order valence-electron chi connectivity index (χ4n) is 3.96. The maximum Gasteiger partial charge on any atom is 0.264 e. The van der Waals surface area contributed by atoms with Crippen molar-refractivity contribution in [1.82, 2.24) is 9.21 Å². The van der Waals surface area contributed by atoms with E-state index in [0.717, 1.165) is 5.56 Å². The highest BCUT2D eigenvalue weighted by Crippen LogP contribution is 2.35. The Labute approximate surface area is 191 Å². The van der Waals surface area contributed by atoms with Crippen molar-refractivity contribution in [2.24, 2.45) is 0 Å². The van der Waals surface area contributed by atoms with Crippen LogP contribution in [0, 0.1) is 12.7 Å². The van der Waals surface area contributed by atoms with E-state index in [1.165, 1.54) is 28.8 Å². The van der Waals surface area contributed by atoms with Crippen LogP contribution in [-0.2, 0) is 21.4 Å². The molecule has 4 rings (SSSR count). The molecule has 170 valence electrons. The standard InChI is InChI=1S/C23H25FN2O4S2/c1-16-7-9-17(10-8-16)32(28,29)26-12-4-11-25(13-14-26)23(27)22-18(15-30-2)21-19(24)5-3-6-20(21)31-22/h3,5-10H,4,11-15H2,1-2H3. The second-order valence-electron chi connectivity index (χ2n) is 7.82. The molecular weight excluding hydrogens is 451 g/mol. The van der Waals surface area contributed by atoms with Gasteiger partial charge in [-0.1, -0.05) is 23.8 Å². The van der Waals surface area contributed by atoms with Crippen LogP contribution < -0.4 is 0 Å². The molecule has 9 heteroatoms. The van der Waals surface area contributed by atoms with Crippen LogP contribution in [0.15, 0.2) is 47.4 Å². The molecule has 32 heavy (non-hydrogen) atoms. The van der Waals surface area contributed by atoms with Gasteiger partial charge in [0.15, 0.2) is 0 Å². The molecule has 0 atom stereocenters. The Morgan fingerprint density at radius 2 is 1.84 bits per heavy atom. The lowest BCUT2D eigenvalue weighted by Gasteiger charge is -2.22. The first-order chi connectivity index (χ1) is 15.3. The van der Waals surface area contributed by atoms with Gasteiger partial charge in [-0.3, -0.25) is 4.79 Å². The predicted octanol–water partition coefficient (Wildman–Crippen LogP) is 4.03. The van der Waals surface area contributed by atoms with Gasteiger partial charge in [-0.2, -0.15) is 4.31 Å². The van der Waals surface area contributed by atoms with Crippen LogP contribution in [-0.4, -0.2) is 56.8 Å². The molecule has 1 amide bonds. The van der Waals surface area contributed by atoms with E-state index >= 15 is 0 Å². The van der Waals surface area contributed by atoms with Crippen LogP contribution in [0.5, 0.6) is 0 Å². The summed E-state index contributed by atoms with van der Waals surface area (Å²) in [5.74, 6) is -0.594. The predicted molar refractivity (Wildman–Crippen MR) is 123 cm³/mol. The molecule has 6 nitrogen and oxygen atoms in total. The number of amides is 1. The first-order valence-corrected chi connectivity index (χ1v) is 12.6. The van der Waals surface area contributed by atoms with E-state index in [9.17, 15) is 17.6 Å². The van der Waals surface area contributed by atoms with E-state index in [4.69, 9.17) is 4.74 Å². The van der Waals surface area contributed by atoms with Crippen LogP contribution >= 0.6 is 11.3 Å². The van der Waals surface area contributed by atoms with Crippen molar-refractivity contribution in [3.63, 3.8) is 0 Å². The van der Waals surface area contributed by atoms with Crippen LogP contribution in [0.1, 0.15) is 27.2 Å². The number of rotatable bonds is 5. The number of sulfonamides is 1. The third-order valence-corrected chi connectivity index (χ3v) is 8.75. The Balaban J connectivity index is 1.58. The van der Waals surface area contributed by atoms with Crippen molar-refractivity contribution < 1.29 is 22.3 Å². The Hall–Kier alpha value is -2.33. The molecule has 0 saturated carbocycles.